The van der Waals surface area contributed by atoms with Crippen molar-refractivity contribution in [1.29, 1.82) is 0 Å². The summed E-state index contributed by atoms with van der Waals surface area (Å²) in [5.74, 6) is 0. The Morgan fingerprint density at radius 2 is 1.83 bits per heavy atom. The minimum atomic E-state index is -4.71. The number of hydrogen-bond acceptors (Lipinski definition) is 2. The summed E-state index contributed by atoms with van der Waals surface area (Å²) in [6.07, 6.45) is -2.59. The van der Waals surface area contributed by atoms with Crippen molar-refractivity contribution in [2.75, 3.05) is 6.54 Å². The number of aryl methyl sites for hydroxylation is 2. The molecule has 100 valence electrons. The molecule has 1 atom stereocenters. The first-order valence-electron chi connectivity index (χ1n) is 6.00. The molecule has 0 fully saturated rings. The summed E-state index contributed by atoms with van der Waals surface area (Å²) in [4.78, 5) is 0. The molecule has 18 heavy (non-hydrogen) atoms. The molecule has 0 saturated carbocycles. The van der Waals surface area contributed by atoms with Gasteiger partial charge in [0.15, 0.2) is 5.60 Å². The highest BCUT2D eigenvalue weighted by Gasteiger charge is 2.54. The van der Waals surface area contributed by atoms with Crippen molar-refractivity contribution in [3.05, 3.63) is 34.9 Å². The van der Waals surface area contributed by atoms with E-state index in [1.165, 1.54) is 12.1 Å². The third-order valence-electron chi connectivity index (χ3n) is 3.55. The molecule has 1 aliphatic carbocycles. The van der Waals surface area contributed by atoms with Crippen LogP contribution in [0.15, 0.2) is 18.2 Å². The molecule has 0 aromatic heterocycles. The predicted octanol–water partition coefficient (Wildman–Crippen LogP) is 2.27. The predicted molar refractivity (Wildman–Crippen MR) is 62.1 cm³/mol. The van der Waals surface area contributed by atoms with E-state index in [0.717, 1.165) is 30.4 Å². The Kier molecular flexibility index (Phi) is 3.38. The Labute approximate surface area is 104 Å². The van der Waals surface area contributed by atoms with Crippen LogP contribution in [0.25, 0.3) is 0 Å². The molecule has 0 radical (unpaired) electrons. The van der Waals surface area contributed by atoms with Crippen molar-refractivity contribution in [2.45, 2.75) is 37.5 Å². The van der Waals surface area contributed by atoms with Crippen LogP contribution in [0.1, 0.15) is 29.5 Å². The van der Waals surface area contributed by atoms with Gasteiger partial charge in [-0.1, -0.05) is 18.2 Å². The topological polar surface area (TPSA) is 46.2 Å². The van der Waals surface area contributed by atoms with E-state index in [1.54, 1.807) is 6.07 Å². The minimum Gasteiger partial charge on any atom is -0.376 e. The average Bonchev–Trinajstić information content (AvgIpc) is 2.74. The van der Waals surface area contributed by atoms with Crippen molar-refractivity contribution < 1.29 is 18.3 Å². The second-order valence-corrected chi connectivity index (χ2v) is 4.73. The molecule has 0 saturated heterocycles. The molecule has 2 rings (SSSR count). The minimum absolute atomic E-state index is 0.0962. The second-order valence-electron chi connectivity index (χ2n) is 4.73. The molecular formula is C13H16F3NO. The van der Waals surface area contributed by atoms with Crippen LogP contribution in [0.4, 0.5) is 13.2 Å². The van der Waals surface area contributed by atoms with Gasteiger partial charge in [0.05, 0.1) is 0 Å². The maximum atomic E-state index is 13.0. The van der Waals surface area contributed by atoms with E-state index in [9.17, 15) is 18.3 Å². The second kappa shape index (κ2) is 4.55. The SMILES string of the molecule is NCCC(O)(c1ccc2c(c1)CCC2)C(F)(F)F. The lowest BCUT2D eigenvalue weighted by molar-refractivity contribution is -0.268. The van der Waals surface area contributed by atoms with E-state index in [0.29, 0.717) is 0 Å². The highest BCUT2D eigenvalue weighted by Crippen LogP contribution is 2.42. The zero-order chi connectivity index (χ0) is 13.4. The van der Waals surface area contributed by atoms with E-state index in [1.807, 2.05) is 0 Å². The highest BCUT2D eigenvalue weighted by atomic mass is 19.4. The smallest absolute Gasteiger partial charge is 0.376 e. The van der Waals surface area contributed by atoms with Crippen molar-refractivity contribution in [2.24, 2.45) is 5.73 Å². The summed E-state index contributed by atoms with van der Waals surface area (Å²) in [7, 11) is 0. The molecule has 1 aromatic rings. The number of hydrogen-bond donors (Lipinski definition) is 2. The molecule has 1 aliphatic rings. The molecule has 0 amide bonds. The fraction of sp³-hybridized carbons (Fsp3) is 0.538. The third kappa shape index (κ3) is 2.12. The lowest BCUT2D eigenvalue weighted by Gasteiger charge is -2.31. The number of aliphatic hydroxyl groups is 1. The van der Waals surface area contributed by atoms with E-state index in [-0.39, 0.29) is 12.1 Å². The van der Waals surface area contributed by atoms with E-state index in [4.69, 9.17) is 5.73 Å². The van der Waals surface area contributed by atoms with Crippen LogP contribution in [0.2, 0.25) is 0 Å². The van der Waals surface area contributed by atoms with Gasteiger partial charge in [-0.15, -0.1) is 0 Å². The fourth-order valence-corrected chi connectivity index (χ4v) is 2.49. The molecule has 0 heterocycles. The van der Waals surface area contributed by atoms with E-state index >= 15 is 0 Å². The number of benzene rings is 1. The van der Waals surface area contributed by atoms with Gasteiger partial charge in [-0.25, -0.2) is 0 Å². The van der Waals surface area contributed by atoms with Gasteiger partial charge in [-0.05, 0) is 42.5 Å². The average molecular weight is 259 g/mol. The molecule has 1 unspecified atom stereocenters. The number of halogens is 3. The normalized spacial score (nSPS) is 18.5. The molecule has 0 aliphatic heterocycles. The standard InChI is InChI=1S/C13H16F3NO/c14-13(15,16)12(18,6-7-17)11-5-4-9-2-1-3-10(9)8-11/h4-5,8,18H,1-3,6-7,17H2. The lowest BCUT2D eigenvalue weighted by atomic mass is 9.88. The van der Waals surface area contributed by atoms with Crippen molar-refractivity contribution in [3.63, 3.8) is 0 Å². The van der Waals surface area contributed by atoms with Crippen LogP contribution in [0.5, 0.6) is 0 Å². The van der Waals surface area contributed by atoms with E-state index < -0.39 is 18.2 Å². The van der Waals surface area contributed by atoms with Crippen LogP contribution in [-0.4, -0.2) is 17.8 Å². The first kappa shape index (κ1) is 13.4. The first-order chi connectivity index (χ1) is 8.38. The van der Waals surface area contributed by atoms with Gasteiger partial charge in [0, 0.05) is 6.42 Å². The molecular weight excluding hydrogens is 243 g/mol. The fourth-order valence-electron chi connectivity index (χ4n) is 2.49. The van der Waals surface area contributed by atoms with Gasteiger partial charge in [-0.3, -0.25) is 0 Å². The summed E-state index contributed by atoms with van der Waals surface area (Å²) < 4.78 is 39.1. The maximum Gasteiger partial charge on any atom is 0.421 e. The zero-order valence-corrected chi connectivity index (χ0v) is 9.93. The molecule has 0 spiro atoms. The summed E-state index contributed by atoms with van der Waals surface area (Å²) in [5, 5.41) is 9.95. The largest absolute Gasteiger partial charge is 0.421 e. The van der Waals surface area contributed by atoms with Gasteiger partial charge in [-0.2, -0.15) is 13.2 Å². The number of rotatable bonds is 3. The van der Waals surface area contributed by atoms with Gasteiger partial charge in [0.25, 0.3) is 0 Å². The lowest BCUT2D eigenvalue weighted by Crippen LogP contribution is -2.43. The van der Waals surface area contributed by atoms with Gasteiger partial charge in [0.1, 0.15) is 0 Å². The van der Waals surface area contributed by atoms with E-state index in [2.05, 4.69) is 0 Å². The number of nitrogens with two attached hydrogens (primary N) is 1. The number of alkyl halides is 3. The zero-order valence-electron chi connectivity index (χ0n) is 9.93. The van der Waals surface area contributed by atoms with Gasteiger partial charge in [0.2, 0.25) is 0 Å². The third-order valence-corrected chi connectivity index (χ3v) is 3.55. The van der Waals surface area contributed by atoms with Crippen LogP contribution in [0.3, 0.4) is 0 Å². The monoisotopic (exact) mass is 259 g/mol. The van der Waals surface area contributed by atoms with Crippen molar-refractivity contribution >= 4 is 0 Å². The summed E-state index contributed by atoms with van der Waals surface area (Å²) in [5.41, 5.74) is 4.26. The van der Waals surface area contributed by atoms with Crippen LogP contribution < -0.4 is 5.73 Å². The molecule has 2 nitrogen and oxygen atoms in total. The Morgan fingerprint density at radius 3 is 2.44 bits per heavy atom. The van der Waals surface area contributed by atoms with Crippen LogP contribution >= 0.6 is 0 Å². The van der Waals surface area contributed by atoms with Gasteiger partial charge >= 0.3 is 6.18 Å². The maximum absolute atomic E-state index is 13.0. The van der Waals surface area contributed by atoms with Crippen LogP contribution in [-0.2, 0) is 18.4 Å². The summed E-state index contributed by atoms with van der Waals surface area (Å²) >= 11 is 0. The summed E-state index contributed by atoms with van der Waals surface area (Å²) in [6, 6.07) is 4.53. The molecule has 3 N–H and O–H groups in total. The van der Waals surface area contributed by atoms with Crippen molar-refractivity contribution in [3.8, 4) is 0 Å². The Morgan fingerprint density at radius 1 is 1.17 bits per heavy atom. The Bertz CT molecular complexity index is 444. The first-order valence-corrected chi connectivity index (χ1v) is 6.00. The molecule has 0 bridgehead atoms. The summed E-state index contributed by atoms with van der Waals surface area (Å²) in [6.45, 7) is -0.215. The van der Waals surface area contributed by atoms with Gasteiger partial charge < -0.3 is 10.8 Å². The Hall–Kier alpha value is -1.07. The van der Waals surface area contributed by atoms with Crippen LogP contribution in [0, 0.1) is 0 Å². The molecule has 5 heteroatoms. The van der Waals surface area contributed by atoms with Crippen molar-refractivity contribution in [1.82, 2.24) is 0 Å². The molecule has 1 aromatic carbocycles. The Balaban J connectivity index is 2.43. The quantitative estimate of drug-likeness (QED) is 0.874. The highest BCUT2D eigenvalue weighted by molar-refractivity contribution is 5.38. The number of fused-ring (bicyclic) bond motifs is 1.